The molecule has 0 aliphatic rings. The van der Waals surface area contributed by atoms with Gasteiger partial charge in [0.05, 0.1) is 7.06 Å². The average Bonchev–Trinajstić information content (AvgIpc) is 3.68. The summed E-state index contributed by atoms with van der Waals surface area (Å²) < 4.78 is 15.1. The summed E-state index contributed by atoms with van der Waals surface area (Å²) in [5, 5.41) is 9.19. The first kappa shape index (κ1) is 31.0. The molecule has 10 aromatic carbocycles. The molecule has 2 heteroatoms. The van der Waals surface area contributed by atoms with Crippen LogP contribution in [0.25, 0.3) is 87.6 Å². The van der Waals surface area contributed by atoms with Gasteiger partial charge in [-0.1, -0.05) is 170 Å². The van der Waals surface area contributed by atoms with Crippen LogP contribution in [-0.2, 0) is 0 Å². The molecule has 1 heterocycles. The minimum Gasteiger partial charge on any atom is -0.455 e. The molecule has 0 aliphatic carbocycles. The number of nitrogens with zero attached hydrogens (tertiary/aromatic N) is 1. The van der Waals surface area contributed by atoms with Crippen LogP contribution in [0.1, 0.15) is 1.37 Å². The summed E-state index contributed by atoms with van der Waals surface area (Å²) in [4.78, 5) is 2.36. The Morgan fingerprint density at radius 3 is 1.70 bits per heavy atom. The second-order valence-corrected chi connectivity index (χ2v) is 14.4. The van der Waals surface area contributed by atoms with E-state index in [1.165, 1.54) is 49.0 Å². The molecule has 0 bridgehead atoms. The number of anilines is 3. The van der Waals surface area contributed by atoms with Gasteiger partial charge in [-0.3, -0.25) is 0 Å². The molecule has 11 rings (SSSR count). The Bertz CT molecular complexity index is 3290. The van der Waals surface area contributed by atoms with Crippen molar-refractivity contribution in [3.8, 4) is 33.4 Å². The maximum Gasteiger partial charge on any atom is 0.143 e. The largest absolute Gasteiger partial charge is 0.455 e. The zero-order valence-corrected chi connectivity index (χ0v) is 30.5. The van der Waals surface area contributed by atoms with E-state index < -0.39 is 0 Å². The van der Waals surface area contributed by atoms with Gasteiger partial charge >= 0.3 is 0 Å². The van der Waals surface area contributed by atoms with Gasteiger partial charge in [-0.2, -0.15) is 0 Å². The minimum absolute atomic E-state index is 0.467. The minimum atomic E-state index is 0.467. The van der Waals surface area contributed by atoms with E-state index in [1.54, 1.807) is 0 Å². The highest BCUT2D eigenvalue weighted by molar-refractivity contribution is 6.13. The van der Waals surface area contributed by atoms with Crippen LogP contribution in [0.4, 0.5) is 17.1 Å². The lowest BCUT2D eigenvalue weighted by Crippen LogP contribution is -2.10. The Labute approximate surface area is 326 Å². The smallest absolute Gasteiger partial charge is 0.143 e. The molecule has 0 saturated heterocycles. The van der Waals surface area contributed by atoms with Crippen LogP contribution in [0.15, 0.2) is 217 Å². The molecule has 0 aliphatic heterocycles. The molecule has 2 nitrogen and oxygen atoms in total. The monoisotopic (exact) mass is 714 g/mol. The average molecular weight is 715 g/mol. The maximum atomic E-state index is 8.69. The lowest BCUT2D eigenvalue weighted by Gasteiger charge is -2.27. The Morgan fingerprint density at radius 1 is 0.357 bits per heavy atom. The van der Waals surface area contributed by atoms with Gasteiger partial charge in [0.1, 0.15) is 11.2 Å². The number of hydrogen-bond donors (Lipinski definition) is 0. The van der Waals surface area contributed by atoms with Crippen LogP contribution in [0.3, 0.4) is 0 Å². The van der Waals surface area contributed by atoms with Crippen LogP contribution in [0, 0.1) is 0 Å². The molecular formula is C54H35NO. The van der Waals surface area contributed by atoms with Crippen molar-refractivity contribution < 1.29 is 5.79 Å². The molecule has 56 heavy (non-hydrogen) atoms. The molecule has 0 spiro atoms. The van der Waals surface area contributed by atoms with Crippen molar-refractivity contribution >= 4 is 71.3 Å². The Hall–Kier alpha value is -7.42. The number of rotatable bonds is 6. The van der Waals surface area contributed by atoms with Crippen molar-refractivity contribution in [3.63, 3.8) is 0 Å². The maximum absolute atomic E-state index is 8.69. The molecule has 0 radical (unpaired) electrons. The Kier molecular flexibility index (Phi) is 7.28. The predicted octanol–water partition coefficient (Wildman–Crippen LogP) is 15.5. The third-order valence-corrected chi connectivity index (χ3v) is 11.2. The van der Waals surface area contributed by atoms with Crippen molar-refractivity contribution in [1.29, 1.82) is 0 Å². The quantitative estimate of drug-likeness (QED) is 0.159. The highest BCUT2D eigenvalue weighted by Gasteiger charge is 2.18. The number of benzene rings is 10. The van der Waals surface area contributed by atoms with Crippen molar-refractivity contribution in [2.24, 2.45) is 0 Å². The second kappa shape index (κ2) is 13.2. The number of furan rings is 1. The van der Waals surface area contributed by atoms with Gasteiger partial charge in [0.15, 0.2) is 0 Å². The summed E-state index contributed by atoms with van der Waals surface area (Å²) in [5.41, 5.74) is 11.5. The molecular weight excluding hydrogens is 679 g/mol. The highest BCUT2D eigenvalue weighted by Crippen LogP contribution is 2.43. The summed E-state index contributed by atoms with van der Waals surface area (Å²) in [6, 6.07) is 73.7. The summed E-state index contributed by atoms with van der Waals surface area (Å²) in [5.74, 6) is 0. The molecule has 0 saturated carbocycles. The zero-order chi connectivity index (χ0) is 37.9. The first-order valence-electron chi connectivity index (χ1n) is 19.6. The van der Waals surface area contributed by atoms with Crippen molar-refractivity contribution in [3.05, 3.63) is 212 Å². The predicted molar refractivity (Wildman–Crippen MR) is 237 cm³/mol. The first-order chi connectivity index (χ1) is 28.2. The van der Waals surface area contributed by atoms with Crippen molar-refractivity contribution in [1.82, 2.24) is 0 Å². The van der Waals surface area contributed by atoms with Crippen LogP contribution in [-0.4, -0.2) is 0 Å². The first-order valence-corrected chi connectivity index (χ1v) is 19.1. The van der Waals surface area contributed by atoms with Crippen molar-refractivity contribution in [2.45, 2.75) is 0 Å². The summed E-state index contributed by atoms with van der Waals surface area (Å²) in [6.07, 6.45) is 0. The fraction of sp³-hybridized carbons (Fsp3) is 0. The van der Waals surface area contributed by atoms with Gasteiger partial charge < -0.3 is 9.32 Å². The SMILES string of the molecule is [2H]c1ccc(-c2ccc(N(c3ccc(-c4ccc(-c5ccc6ccccc6c5)cc4)cc3)c3cccc4c3ccc3ccccc34)cc2)c2oc3ccccc3c12. The lowest BCUT2D eigenvalue weighted by atomic mass is 9.97. The molecule has 1 aromatic heterocycles. The van der Waals surface area contributed by atoms with Crippen LogP contribution < -0.4 is 4.90 Å². The molecule has 262 valence electrons. The topological polar surface area (TPSA) is 16.4 Å². The van der Waals surface area contributed by atoms with E-state index in [4.69, 9.17) is 5.79 Å². The summed E-state index contributed by atoms with van der Waals surface area (Å²) in [6.45, 7) is 0. The van der Waals surface area contributed by atoms with Crippen LogP contribution >= 0.6 is 0 Å². The number of para-hydroxylation sites is 2. The van der Waals surface area contributed by atoms with Crippen LogP contribution in [0.2, 0.25) is 0 Å². The standard InChI is InChI=1S/C54H35NO/c1-2-11-42-35-43(24-23-36(42)9-1)39-21-19-37(20-22-39)38-25-30-44(31-26-38)55(52-17-8-15-48-46-12-4-3-10-40(46)29-34-49(48)52)45-32-27-41(28-33-45)47-14-7-16-51-50-13-5-6-18-53(50)56-54(47)51/h1-35H/i16D. The highest BCUT2D eigenvalue weighted by atomic mass is 16.3. The van der Waals surface area contributed by atoms with E-state index in [9.17, 15) is 0 Å². The van der Waals surface area contributed by atoms with E-state index in [-0.39, 0.29) is 0 Å². The number of hydrogen-bond acceptors (Lipinski definition) is 2. The zero-order valence-electron chi connectivity index (χ0n) is 31.5. The van der Waals surface area contributed by atoms with Gasteiger partial charge in [-0.05, 0) is 97.2 Å². The van der Waals surface area contributed by atoms with Gasteiger partial charge in [-0.25, -0.2) is 0 Å². The normalized spacial score (nSPS) is 11.8. The molecule has 0 fully saturated rings. The number of fused-ring (bicyclic) bond motifs is 7. The van der Waals surface area contributed by atoms with Gasteiger partial charge in [0.2, 0.25) is 0 Å². The van der Waals surface area contributed by atoms with Gasteiger partial charge in [-0.15, -0.1) is 0 Å². The van der Waals surface area contributed by atoms with E-state index in [2.05, 4.69) is 175 Å². The second-order valence-electron chi connectivity index (χ2n) is 14.4. The fourth-order valence-corrected chi connectivity index (χ4v) is 8.35. The Morgan fingerprint density at radius 2 is 0.929 bits per heavy atom. The third kappa shape index (κ3) is 5.42. The summed E-state index contributed by atoms with van der Waals surface area (Å²) >= 11 is 0. The molecule has 0 unspecified atom stereocenters. The van der Waals surface area contributed by atoms with Crippen LogP contribution in [0.5, 0.6) is 0 Å². The third-order valence-electron chi connectivity index (χ3n) is 11.2. The van der Waals surface area contributed by atoms with E-state index in [0.717, 1.165) is 55.7 Å². The summed E-state index contributed by atoms with van der Waals surface area (Å²) in [7, 11) is 0. The fourth-order valence-electron chi connectivity index (χ4n) is 8.35. The molecule has 11 aromatic rings. The molecule has 0 N–H and O–H groups in total. The van der Waals surface area contributed by atoms with E-state index in [1.807, 2.05) is 36.4 Å². The molecule has 0 atom stereocenters. The van der Waals surface area contributed by atoms with Gasteiger partial charge in [0, 0.05) is 33.1 Å². The molecule has 0 amide bonds. The van der Waals surface area contributed by atoms with Crippen molar-refractivity contribution in [2.75, 3.05) is 4.90 Å². The lowest BCUT2D eigenvalue weighted by molar-refractivity contribution is 0.670. The van der Waals surface area contributed by atoms with E-state index in [0.29, 0.717) is 6.04 Å². The van der Waals surface area contributed by atoms with E-state index >= 15 is 0 Å². The Balaban J connectivity index is 0.993. The van der Waals surface area contributed by atoms with Gasteiger partial charge in [0.25, 0.3) is 0 Å².